The number of benzene rings is 1. The lowest BCUT2D eigenvalue weighted by atomic mass is 10.1. The van der Waals surface area contributed by atoms with Crippen LogP contribution < -0.4 is 5.32 Å². The Morgan fingerprint density at radius 3 is 2.67 bits per heavy atom. The van der Waals surface area contributed by atoms with Gasteiger partial charge in [0.25, 0.3) is 0 Å². The highest BCUT2D eigenvalue weighted by molar-refractivity contribution is 9.10. The van der Waals surface area contributed by atoms with Gasteiger partial charge in [-0.15, -0.1) is 12.4 Å². The quantitative estimate of drug-likeness (QED) is 0.617. The highest BCUT2D eigenvalue weighted by atomic mass is 79.9. The van der Waals surface area contributed by atoms with E-state index in [0.717, 1.165) is 40.6 Å². The molecule has 0 fully saturated rings. The number of halogens is 3. The highest BCUT2D eigenvalue weighted by Crippen LogP contribution is 2.31. The highest BCUT2D eigenvalue weighted by Gasteiger charge is 2.09. The van der Waals surface area contributed by atoms with Crippen LogP contribution in [0.5, 0.6) is 0 Å². The zero-order valence-electron chi connectivity index (χ0n) is 12.2. The fraction of sp³-hybridized carbons (Fsp3) is 0.375. The molecule has 1 heterocycles. The van der Waals surface area contributed by atoms with Crippen molar-refractivity contribution in [1.82, 2.24) is 5.32 Å². The van der Waals surface area contributed by atoms with Crippen molar-refractivity contribution >= 4 is 39.9 Å². The lowest BCUT2D eigenvalue weighted by molar-refractivity contribution is 0.474. The molecule has 2 aromatic rings. The summed E-state index contributed by atoms with van der Waals surface area (Å²) in [5, 5.41) is 4.08. The first-order valence-corrected chi connectivity index (χ1v) is 7.98. The number of hydrogen-bond donors (Lipinski definition) is 1. The summed E-state index contributed by atoms with van der Waals surface area (Å²) in [5.74, 6) is 2.46. The van der Waals surface area contributed by atoms with Crippen LogP contribution in [0, 0.1) is 5.92 Å². The summed E-state index contributed by atoms with van der Waals surface area (Å²) in [7, 11) is 0. The minimum atomic E-state index is 0. The van der Waals surface area contributed by atoms with Crippen molar-refractivity contribution in [1.29, 1.82) is 0 Å². The lowest BCUT2D eigenvalue weighted by Crippen LogP contribution is -2.15. The average Bonchev–Trinajstić information content (AvgIpc) is 2.83. The van der Waals surface area contributed by atoms with E-state index in [4.69, 9.17) is 16.0 Å². The summed E-state index contributed by atoms with van der Waals surface area (Å²) < 4.78 is 6.80. The molecule has 0 unspecified atom stereocenters. The third kappa shape index (κ3) is 5.67. The van der Waals surface area contributed by atoms with Crippen LogP contribution in [0.4, 0.5) is 0 Å². The Bertz CT molecular complexity index is 569. The van der Waals surface area contributed by atoms with Gasteiger partial charge in [0.15, 0.2) is 0 Å². The molecule has 0 atom stereocenters. The monoisotopic (exact) mass is 391 g/mol. The molecular formula is C16H20BrCl2NO. The Morgan fingerprint density at radius 2 is 2.00 bits per heavy atom. The lowest BCUT2D eigenvalue weighted by Gasteiger charge is -2.05. The van der Waals surface area contributed by atoms with Crippen molar-refractivity contribution in [2.45, 2.75) is 26.8 Å². The molecule has 0 spiro atoms. The second kappa shape index (κ2) is 8.84. The number of hydrogen-bond acceptors (Lipinski definition) is 2. The molecule has 1 aromatic heterocycles. The molecule has 0 bridgehead atoms. The molecule has 2 nitrogen and oxygen atoms in total. The van der Waals surface area contributed by atoms with Crippen molar-refractivity contribution in [2.75, 3.05) is 6.54 Å². The van der Waals surface area contributed by atoms with Crippen LogP contribution in [-0.4, -0.2) is 6.54 Å². The number of furan rings is 1. The van der Waals surface area contributed by atoms with E-state index in [2.05, 4.69) is 35.1 Å². The molecule has 21 heavy (non-hydrogen) atoms. The van der Waals surface area contributed by atoms with Crippen LogP contribution in [0.2, 0.25) is 5.02 Å². The fourth-order valence-electron chi connectivity index (χ4n) is 1.91. The predicted octanol–water partition coefficient (Wildman–Crippen LogP) is 5.92. The summed E-state index contributed by atoms with van der Waals surface area (Å²) in [6.45, 7) is 6.21. The van der Waals surface area contributed by atoms with Crippen molar-refractivity contribution in [3.05, 3.63) is 45.6 Å². The van der Waals surface area contributed by atoms with Gasteiger partial charge in [-0.3, -0.25) is 0 Å². The van der Waals surface area contributed by atoms with E-state index in [1.165, 1.54) is 6.42 Å². The molecule has 0 aliphatic heterocycles. The van der Waals surface area contributed by atoms with E-state index in [-0.39, 0.29) is 12.4 Å². The summed E-state index contributed by atoms with van der Waals surface area (Å²) in [5.41, 5.74) is 0.920. The van der Waals surface area contributed by atoms with Crippen LogP contribution in [0.1, 0.15) is 26.0 Å². The second-order valence-corrected chi connectivity index (χ2v) is 6.57. The summed E-state index contributed by atoms with van der Waals surface area (Å²) in [6.07, 6.45) is 1.17. The van der Waals surface area contributed by atoms with E-state index in [0.29, 0.717) is 5.02 Å². The molecule has 1 aromatic carbocycles. The first-order chi connectivity index (χ1) is 9.56. The predicted molar refractivity (Wildman–Crippen MR) is 95.3 cm³/mol. The van der Waals surface area contributed by atoms with E-state index in [1.54, 1.807) is 0 Å². The molecule has 0 saturated carbocycles. The van der Waals surface area contributed by atoms with Gasteiger partial charge >= 0.3 is 0 Å². The Balaban J connectivity index is 0.00000220. The topological polar surface area (TPSA) is 25.2 Å². The molecule has 0 amide bonds. The van der Waals surface area contributed by atoms with Crippen LogP contribution in [-0.2, 0) is 6.54 Å². The van der Waals surface area contributed by atoms with Crippen molar-refractivity contribution < 1.29 is 4.42 Å². The van der Waals surface area contributed by atoms with Gasteiger partial charge in [0, 0.05) is 10.0 Å². The first-order valence-electron chi connectivity index (χ1n) is 6.81. The maximum Gasteiger partial charge on any atom is 0.135 e. The molecule has 0 aliphatic carbocycles. The van der Waals surface area contributed by atoms with E-state index < -0.39 is 0 Å². The van der Waals surface area contributed by atoms with Crippen molar-refractivity contribution in [3.63, 3.8) is 0 Å². The number of nitrogens with one attached hydrogen (secondary N) is 1. The Hall–Kier alpha value is -0.480. The van der Waals surface area contributed by atoms with Crippen LogP contribution in [0.3, 0.4) is 0 Å². The van der Waals surface area contributed by atoms with Gasteiger partial charge in [-0.05, 0) is 49.2 Å². The minimum Gasteiger partial charge on any atom is -0.460 e. The van der Waals surface area contributed by atoms with Gasteiger partial charge in [-0.2, -0.15) is 0 Å². The minimum absolute atomic E-state index is 0. The van der Waals surface area contributed by atoms with Gasteiger partial charge < -0.3 is 9.73 Å². The van der Waals surface area contributed by atoms with Gasteiger partial charge in [0.1, 0.15) is 11.5 Å². The fourth-order valence-corrected chi connectivity index (χ4v) is 2.68. The number of rotatable bonds is 6. The molecule has 0 saturated heterocycles. The standard InChI is InChI=1S/C16H19BrClNO.ClH/c1-11(2)7-8-19-10-13-4-6-16(20-13)14-5-3-12(17)9-15(14)18;/h3-6,9,11,19H,7-8,10H2,1-2H3;1H. The summed E-state index contributed by atoms with van der Waals surface area (Å²) in [6, 6.07) is 9.76. The molecule has 1 N–H and O–H groups in total. The van der Waals surface area contributed by atoms with E-state index in [1.807, 2.05) is 30.3 Å². The Kier molecular flexibility index (Phi) is 7.82. The maximum atomic E-state index is 6.23. The van der Waals surface area contributed by atoms with Crippen molar-refractivity contribution in [2.24, 2.45) is 5.92 Å². The van der Waals surface area contributed by atoms with Gasteiger partial charge in [-0.1, -0.05) is 41.4 Å². The van der Waals surface area contributed by atoms with Gasteiger partial charge in [0.2, 0.25) is 0 Å². The molecule has 5 heteroatoms. The molecule has 0 radical (unpaired) electrons. The zero-order chi connectivity index (χ0) is 14.5. The SMILES string of the molecule is CC(C)CCNCc1ccc(-c2ccc(Br)cc2Cl)o1.Cl. The van der Waals surface area contributed by atoms with Gasteiger partial charge in [0.05, 0.1) is 11.6 Å². The van der Waals surface area contributed by atoms with Crippen LogP contribution in [0.15, 0.2) is 39.2 Å². The van der Waals surface area contributed by atoms with E-state index >= 15 is 0 Å². The van der Waals surface area contributed by atoms with Gasteiger partial charge in [-0.25, -0.2) is 0 Å². The molecular weight excluding hydrogens is 373 g/mol. The second-order valence-electron chi connectivity index (χ2n) is 5.25. The normalized spacial score (nSPS) is 10.7. The molecule has 116 valence electrons. The smallest absolute Gasteiger partial charge is 0.135 e. The Morgan fingerprint density at radius 1 is 1.24 bits per heavy atom. The largest absolute Gasteiger partial charge is 0.460 e. The molecule has 0 aliphatic rings. The summed E-state index contributed by atoms with van der Waals surface area (Å²) >= 11 is 9.63. The third-order valence-corrected chi connectivity index (χ3v) is 3.86. The average molecular weight is 393 g/mol. The molecule has 2 rings (SSSR count). The van der Waals surface area contributed by atoms with Crippen molar-refractivity contribution in [3.8, 4) is 11.3 Å². The maximum absolute atomic E-state index is 6.23. The zero-order valence-corrected chi connectivity index (χ0v) is 15.3. The first kappa shape index (κ1) is 18.6. The van der Waals surface area contributed by atoms with E-state index in [9.17, 15) is 0 Å². The third-order valence-electron chi connectivity index (χ3n) is 3.06. The summed E-state index contributed by atoms with van der Waals surface area (Å²) in [4.78, 5) is 0. The van der Waals surface area contributed by atoms with Crippen LogP contribution in [0.25, 0.3) is 11.3 Å². The van der Waals surface area contributed by atoms with Crippen LogP contribution >= 0.6 is 39.9 Å². The Labute approximate surface area is 145 Å².